The lowest BCUT2D eigenvalue weighted by atomic mass is 9.74. The van der Waals surface area contributed by atoms with Gasteiger partial charge in [-0.25, -0.2) is 4.39 Å². The number of halogens is 1. The molecule has 3 nitrogen and oxygen atoms in total. The molecular weight excluding hydrogens is 341 g/mol. The first-order valence-electron chi connectivity index (χ1n) is 9.54. The molecule has 0 aliphatic carbocycles. The number of benzene rings is 2. The van der Waals surface area contributed by atoms with Crippen LogP contribution in [0.4, 0.5) is 4.39 Å². The van der Waals surface area contributed by atoms with Crippen molar-refractivity contribution in [2.75, 3.05) is 13.1 Å². The summed E-state index contributed by atoms with van der Waals surface area (Å²) >= 11 is 0. The highest BCUT2D eigenvalue weighted by Crippen LogP contribution is 2.35. The third-order valence-electron chi connectivity index (χ3n) is 5.55. The summed E-state index contributed by atoms with van der Waals surface area (Å²) in [6.07, 6.45) is 2.00. The van der Waals surface area contributed by atoms with Gasteiger partial charge < -0.3 is 10.0 Å². The number of hydrogen-bond acceptors (Lipinski definition) is 2. The van der Waals surface area contributed by atoms with Crippen LogP contribution in [0.15, 0.2) is 48.5 Å². The zero-order valence-corrected chi connectivity index (χ0v) is 16.3. The van der Waals surface area contributed by atoms with E-state index in [9.17, 15) is 14.3 Å². The van der Waals surface area contributed by atoms with Crippen LogP contribution in [0.5, 0.6) is 0 Å². The largest absolute Gasteiger partial charge is 0.390 e. The Labute approximate surface area is 160 Å². The summed E-state index contributed by atoms with van der Waals surface area (Å²) in [7, 11) is 0. The molecule has 1 saturated heterocycles. The summed E-state index contributed by atoms with van der Waals surface area (Å²) in [6.45, 7) is 6.86. The van der Waals surface area contributed by atoms with Crippen molar-refractivity contribution in [1.29, 1.82) is 0 Å². The Morgan fingerprint density at radius 2 is 1.78 bits per heavy atom. The second-order valence-electron chi connectivity index (χ2n) is 8.51. The summed E-state index contributed by atoms with van der Waals surface area (Å²) in [5, 5.41) is 9.88. The molecule has 1 aliphatic heterocycles. The van der Waals surface area contributed by atoms with Crippen LogP contribution in [0.2, 0.25) is 0 Å². The van der Waals surface area contributed by atoms with E-state index in [4.69, 9.17) is 0 Å². The van der Waals surface area contributed by atoms with Crippen LogP contribution in [0.1, 0.15) is 55.1 Å². The lowest BCUT2D eigenvalue weighted by molar-refractivity contribution is 0.0675. The molecule has 1 aliphatic rings. The maximum Gasteiger partial charge on any atom is 0.253 e. The molecule has 1 heterocycles. The van der Waals surface area contributed by atoms with E-state index in [2.05, 4.69) is 31.2 Å². The molecule has 1 amide bonds. The van der Waals surface area contributed by atoms with Crippen LogP contribution >= 0.6 is 0 Å². The van der Waals surface area contributed by atoms with Gasteiger partial charge in [-0.1, -0.05) is 43.3 Å². The van der Waals surface area contributed by atoms with Crippen molar-refractivity contribution in [2.24, 2.45) is 0 Å². The monoisotopic (exact) mass is 369 g/mol. The van der Waals surface area contributed by atoms with E-state index in [-0.39, 0.29) is 17.7 Å². The number of likely N-dealkylation sites (tertiary alicyclic amines) is 1. The highest BCUT2D eigenvalue weighted by molar-refractivity contribution is 5.94. The lowest BCUT2D eigenvalue weighted by Gasteiger charge is -2.40. The summed E-state index contributed by atoms with van der Waals surface area (Å²) in [4.78, 5) is 14.6. The maximum atomic E-state index is 14.4. The standard InChI is InChI=1S/C23H28FNO2/c1-22(2,27)16-18-10-9-17(15-20(18)24)21(26)25-13-11-23(3,12-14-25)19-7-5-4-6-8-19/h4-10,15,27H,11-14,16H2,1-3H3. The molecule has 0 saturated carbocycles. The molecule has 144 valence electrons. The first-order chi connectivity index (χ1) is 12.7. The van der Waals surface area contributed by atoms with E-state index < -0.39 is 11.4 Å². The van der Waals surface area contributed by atoms with E-state index in [1.165, 1.54) is 11.6 Å². The van der Waals surface area contributed by atoms with Gasteiger partial charge in [-0.3, -0.25) is 4.79 Å². The van der Waals surface area contributed by atoms with Gasteiger partial charge >= 0.3 is 0 Å². The predicted molar refractivity (Wildman–Crippen MR) is 105 cm³/mol. The highest BCUT2D eigenvalue weighted by atomic mass is 19.1. The Kier molecular flexibility index (Phi) is 5.38. The van der Waals surface area contributed by atoms with Gasteiger partial charge in [0.2, 0.25) is 0 Å². The number of amides is 1. The Balaban J connectivity index is 1.68. The molecule has 2 aromatic rings. The van der Waals surface area contributed by atoms with Crippen molar-refractivity contribution in [1.82, 2.24) is 4.90 Å². The second kappa shape index (κ2) is 7.43. The maximum absolute atomic E-state index is 14.4. The zero-order valence-electron chi connectivity index (χ0n) is 16.3. The average Bonchev–Trinajstić information content (AvgIpc) is 2.63. The Hall–Kier alpha value is -2.20. The third kappa shape index (κ3) is 4.56. The Bertz CT molecular complexity index is 803. The minimum absolute atomic E-state index is 0.0693. The van der Waals surface area contributed by atoms with Gasteiger partial charge in [0.15, 0.2) is 0 Å². The Morgan fingerprint density at radius 1 is 1.15 bits per heavy atom. The topological polar surface area (TPSA) is 40.5 Å². The smallest absolute Gasteiger partial charge is 0.253 e. The first kappa shape index (κ1) is 19.6. The van der Waals surface area contributed by atoms with Crippen LogP contribution in [-0.4, -0.2) is 34.6 Å². The molecule has 1 N–H and O–H groups in total. The molecule has 2 aromatic carbocycles. The number of piperidine rings is 1. The molecule has 4 heteroatoms. The second-order valence-corrected chi connectivity index (χ2v) is 8.51. The zero-order chi connectivity index (χ0) is 19.7. The van der Waals surface area contributed by atoms with Crippen LogP contribution in [0, 0.1) is 5.82 Å². The number of carbonyl (C=O) groups excluding carboxylic acids is 1. The van der Waals surface area contributed by atoms with Crippen LogP contribution < -0.4 is 0 Å². The van der Waals surface area contributed by atoms with Crippen molar-refractivity contribution in [3.05, 3.63) is 71.0 Å². The van der Waals surface area contributed by atoms with Crippen molar-refractivity contribution < 1.29 is 14.3 Å². The summed E-state index contributed by atoms with van der Waals surface area (Å²) < 4.78 is 14.4. The van der Waals surface area contributed by atoms with Gasteiger partial charge in [0.25, 0.3) is 5.91 Å². The van der Waals surface area contributed by atoms with Crippen molar-refractivity contribution in [3.63, 3.8) is 0 Å². The van der Waals surface area contributed by atoms with Crippen molar-refractivity contribution in [3.8, 4) is 0 Å². The van der Waals surface area contributed by atoms with E-state index in [1.54, 1.807) is 26.0 Å². The molecule has 0 bridgehead atoms. The van der Waals surface area contributed by atoms with Gasteiger partial charge in [-0.2, -0.15) is 0 Å². The normalized spacial score (nSPS) is 17.0. The molecule has 0 aromatic heterocycles. The molecule has 0 unspecified atom stereocenters. The Morgan fingerprint density at radius 3 is 2.33 bits per heavy atom. The van der Waals surface area contributed by atoms with E-state index in [0.29, 0.717) is 24.2 Å². The number of rotatable bonds is 4. The van der Waals surface area contributed by atoms with Crippen LogP contribution in [0.25, 0.3) is 0 Å². The fourth-order valence-electron chi connectivity index (χ4n) is 3.80. The van der Waals surface area contributed by atoms with Gasteiger partial charge in [0.05, 0.1) is 5.60 Å². The SMILES string of the molecule is CC(C)(O)Cc1ccc(C(=O)N2CCC(C)(c3ccccc3)CC2)cc1F. The summed E-state index contributed by atoms with van der Waals surface area (Å²) in [5.41, 5.74) is 1.19. The molecule has 0 radical (unpaired) electrons. The molecule has 1 fully saturated rings. The van der Waals surface area contributed by atoms with Crippen molar-refractivity contribution >= 4 is 5.91 Å². The van der Waals surface area contributed by atoms with Gasteiger partial charge in [-0.15, -0.1) is 0 Å². The van der Waals surface area contributed by atoms with Crippen molar-refractivity contribution in [2.45, 2.75) is 51.0 Å². The number of aliphatic hydroxyl groups is 1. The highest BCUT2D eigenvalue weighted by Gasteiger charge is 2.33. The van der Waals surface area contributed by atoms with E-state index in [1.807, 2.05) is 11.0 Å². The molecule has 0 spiro atoms. The fraction of sp³-hybridized carbons (Fsp3) is 0.435. The minimum atomic E-state index is -0.985. The van der Waals surface area contributed by atoms with E-state index in [0.717, 1.165) is 12.8 Å². The van der Waals surface area contributed by atoms with E-state index >= 15 is 0 Å². The summed E-state index contributed by atoms with van der Waals surface area (Å²) in [5.74, 6) is -0.562. The van der Waals surface area contributed by atoms with Gasteiger partial charge in [-0.05, 0) is 55.4 Å². The fourth-order valence-corrected chi connectivity index (χ4v) is 3.80. The summed E-state index contributed by atoms with van der Waals surface area (Å²) in [6, 6.07) is 15.0. The lowest BCUT2D eigenvalue weighted by Crippen LogP contribution is -2.44. The number of carbonyl (C=O) groups is 1. The number of nitrogens with zero attached hydrogens (tertiary/aromatic N) is 1. The molecule has 0 atom stereocenters. The quantitative estimate of drug-likeness (QED) is 0.871. The van der Waals surface area contributed by atoms with Crippen LogP contribution in [-0.2, 0) is 11.8 Å². The van der Waals surface area contributed by atoms with Gasteiger partial charge in [0, 0.05) is 25.1 Å². The van der Waals surface area contributed by atoms with Crippen LogP contribution in [0.3, 0.4) is 0 Å². The minimum Gasteiger partial charge on any atom is -0.390 e. The average molecular weight is 369 g/mol. The van der Waals surface area contributed by atoms with Gasteiger partial charge in [0.1, 0.15) is 5.82 Å². The predicted octanol–water partition coefficient (Wildman–Crippen LogP) is 4.33. The number of hydrogen-bond donors (Lipinski definition) is 1. The molecule has 3 rings (SSSR count). The first-order valence-corrected chi connectivity index (χ1v) is 9.54. The molecule has 27 heavy (non-hydrogen) atoms. The third-order valence-corrected chi connectivity index (χ3v) is 5.55. The molecular formula is C23H28FNO2.